The third-order valence-corrected chi connectivity index (χ3v) is 4.90. The van der Waals surface area contributed by atoms with Crippen molar-refractivity contribution in [1.29, 1.82) is 0 Å². The highest BCUT2D eigenvalue weighted by atomic mass is 32.2. The molecule has 23 heavy (non-hydrogen) atoms. The minimum Gasteiger partial charge on any atom is -0.337 e. The zero-order valence-electron chi connectivity index (χ0n) is 13.8. The largest absolute Gasteiger partial charge is 0.337 e. The van der Waals surface area contributed by atoms with Crippen LogP contribution >= 0.6 is 11.8 Å². The molecule has 0 aliphatic carbocycles. The molecule has 6 heteroatoms. The molecule has 2 amide bonds. The highest BCUT2D eigenvalue weighted by Gasteiger charge is 2.27. The normalized spacial score (nSPS) is 17.4. The lowest BCUT2D eigenvalue weighted by molar-refractivity contribution is -0.120. The van der Waals surface area contributed by atoms with Crippen LogP contribution in [-0.4, -0.2) is 46.8 Å². The average Bonchev–Trinajstić information content (AvgIpc) is 2.55. The van der Waals surface area contributed by atoms with Crippen molar-refractivity contribution in [2.75, 3.05) is 29.9 Å². The van der Waals surface area contributed by atoms with Gasteiger partial charge in [-0.25, -0.2) is 0 Å². The van der Waals surface area contributed by atoms with E-state index in [4.69, 9.17) is 5.73 Å². The standard InChI is InChI=1S/C17H25N3O2S/c1-3-7-17(2,18)16(22)19-14-6-4-5-13(12-14)15(21)20-8-10-23-11-9-20/h4-6,12H,3,7-11,18H2,1-2H3,(H,19,22). The van der Waals surface area contributed by atoms with Gasteiger partial charge in [0.15, 0.2) is 0 Å². The Morgan fingerprint density at radius 2 is 2.04 bits per heavy atom. The second kappa shape index (κ2) is 7.84. The average molecular weight is 335 g/mol. The Bertz CT molecular complexity index is 569. The SMILES string of the molecule is CCCC(C)(N)C(=O)Nc1cccc(C(=O)N2CCSCC2)c1. The van der Waals surface area contributed by atoms with Gasteiger partial charge in [0.25, 0.3) is 5.91 Å². The summed E-state index contributed by atoms with van der Waals surface area (Å²) in [6.45, 7) is 5.27. The fourth-order valence-electron chi connectivity index (χ4n) is 2.59. The molecule has 5 nitrogen and oxygen atoms in total. The second-order valence-corrected chi connectivity index (χ2v) is 7.33. The lowest BCUT2D eigenvalue weighted by Gasteiger charge is -2.27. The fourth-order valence-corrected chi connectivity index (χ4v) is 3.49. The third kappa shape index (κ3) is 4.72. The third-order valence-electron chi connectivity index (χ3n) is 3.95. The number of rotatable bonds is 5. The zero-order valence-corrected chi connectivity index (χ0v) is 14.6. The highest BCUT2D eigenvalue weighted by molar-refractivity contribution is 7.99. The van der Waals surface area contributed by atoms with Gasteiger partial charge >= 0.3 is 0 Å². The van der Waals surface area contributed by atoms with Crippen LogP contribution < -0.4 is 11.1 Å². The van der Waals surface area contributed by atoms with E-state index in [1.54, 1.807) is 31.2 Å². The van der Waals surface area contributed by atoms with Gasteiger partial charge in [0, 0.05) is 35.8 Å². The van der Waals surface area contributed by atoms with Crippen molar-refractivity contribution in [2.24, 2.45) is 5.73 Å². The molecule has 0 saturated carbocycles. The molecule has 1 aromatic rings. The predicted octanol–water partition coefficient (Wildman–Crippen LogP) is 2.33. The number of nitrogens with one attached hydrogen (secondary N) is 1. The first kappa shape index (κ1) is 17.8. The summed E-state index contributed by atoms with van der Waals surface area (Å²) in [6.07, 6.45) is 1.45. The molecule has 126 valence electrons. The monoisotopic (exact) mass is 335 g/mol. The summed E-state index contributed by atoms with van der Waals surface area (Å²) in [6, 6.07) is 7.08. The molecule has 3 N–H and O–H groups in total. The lowest BCUT2D eigenvalue weighted by Crippen LogP contribution is -2.48. The first-order chi connectivity index (χ1) is 10.9. The van der Waals surface area contributed by atoms with Gasteiger partial charge in [0.05, 0.1) is 5.54 Å². The predicted molar refractivity (Wildman–Crippen MR) is 95.8 cm³/mol. The number of thioether (sulfide) groups is 1. The number of benzene rings is 1. The van der Waals surface area contributed by atoms with Gasteiger partial charge in [0.2, 0.25) is 5.91 Å². The maximum Gasteiger partial charge on any atom is 0.253 e. The lowest BCUT2D eigenvalue weighted by atomic mass is 9.96. The molecular weight excluding hydrogens is 310 g/mol. The van der Waals surface area contributed by atoms with Crippen molar-refractivity contribution in [3.05, 3.63) is 29.8 Å². The van der Waals surface area contributed by atoms with Crippen LogP contribution in [0.25, 0.3) is 0 Å². The van der Waals surface area contributed by atoms with E-state index in [0.29, 0.717) is 17.7 Å². The Hall–Kier alpha value is -1.53. The molecule has 1 saturated heterocycles. The summed E-state index contributed by atoms with van der Waals surface area (Å²) in [5.41, 5.74) is 6.35. The molecule has 1 aromatic carbocycles. The van der Waals surface area contributed by atoms with Gasteiger partial charge in [-0.05, 0) is 31.5 Å². The van der Waals surface area contributed by atoms with Crippen LogP contribution in [0.15, 0.2) is 24.3 Å². The number of nitrogens with two attached hydrogens (primary N) is 1. The van der Waals surface area contributed by atoms with E-state index in [2.05, 4.69) is 5.32 Å². The first-order valence-corrected chi connectivity index (χ1v) is 9.17. The van der Waals surface area contributed by atoms with E-state index in [1.807, 2.05) is 23.6 Å². The summed E-state index contributed by atoms with van der Waals surface area (Å²) in [7, 11) is 0. The molecule has 1 fully saturated rings. The van der Waals surface area contributed by atoms with Crippen molar-refractivity contribution < 1.29 is 9.59 Å². The van der Waals surface area contributed by atoms with E-state index in [-0.39, 0.29) is 11.8 Å². The van der Waals surface area contributed by atoms with Gasteiger partial charge in [0.1, 0.15) is 0 Å². The summed E-state index contributed by atoms with van der Waals surface area (Å²) in [5, 5.41) is 2.83. The van der Waals surface area contributed by atoms with Crippen molar-refractivity contribution in [3.8, 4) is 0 Å². The van der Waals surface area contributed by atoms with Gasteiger partial charge in [-0.1, -0.05) is 19.4 Å². The molecule has 0 spiro atoms. The van der Waals surface area contributed by atoms with Crippen LogP contribution in [0.3, 0.4) is 0 Å². The van der Waals surface area contributed by atoms with E-state index in [9.17, 15) is 9.59 Å². The molecule has 1 aliphatic heterocycles. The number of anilines is 1. The van der Waals surface area contributed by atoms with Crippen molar-refractivity contribution in [2.45, 2.75) is 32.2 Å². The molecule has 0 bridgehead atoms. The summed E-state index contributed by atoms with van der Waals surface area (Å²) < 4.78 is 0. The number of hydrogen-bond acceptors (Lipinski definition) is 4. The van der Waals surface area contributed by atoms with Crippen LogP contribution in [0.2, 0.25) is 0 Å². The number of amides is 2. The minimum absolute atomic E-state index is 0.0190. The topological polar surface area (TPSA) is 75.4 Å². The maximum atomic E-state index is 12.5. The Morgan fingerprint density at radius 3 is 2.70 bits per heavy atom. The van der Waals surface area contributed by atoms with Gasteiger partial charge < -0.3 is 16.0 Å². The van der Waals surface area contributed by atoms with E-state index in [1.165, 1.54) is 0 Å². The summed E-state index contributed by atoms with van der Waals surface area (Å²) in [5.74, 6) is 1.75. The van der Waals surface area contributed by atoms with Crippen LogP contribution in [0.5, 0.6) is 0 Å². The van der Waals surface area contributed by atoms with E-state index in [0.717, 1.165) is 31.0 Å². The van der Waals surface area contributed by atoms with Crippen molar-refractivity contribution in [3.63, 3.8) is 0 Å². The van der Waals surface area contributed by atoms with Crippen LogP contribution in [0, 0.1) is 0 Å². The zero-order chi connectivity index (χ0) is 16.9. The molecule has 2 rings (SSSR count). The quantitative estimate of drug-likeness (QED) is 0.866. The Kier molecular flexibility index (Phi) is 6.07. The Morgan fingerprint density at radius 1 is 1.35 bits per heavy atom. The Labute approximate surface area is 142 Å². The van der Waals surface area contributed by atoms with Gasteiger partial charge in [-0.15, -0.1) is 0 Å². The molecule has 0 aromatic heterocycles. The smallest absolute Gasteiger partial charge is 0.253 e. The Balaban J connectivity index is 2.07. The molecule has 0 radical (unpaired) electrons. The number of carbonyl (C=O) groups is 2. The molecular formula is C17H25N3O2S. The van der Waals surface area contributed by atoms with Crippen molar-refractivity contribution >= 4 is 29.3 Å². The van der Waals surface area contributed by atoms with Gasteiger partial charge in [-0.3, -0.25) is 9.59 Å². The van der Waals surface area contributed by atoms with E-state index < -0.39 is 5.54 Å². The molecule has 1 atom stereocenters. The summed E-state index contributed by atoms with van der Waals surface area (Å²) in [4.78, 5) is 26.7. The van der Waals surface area contributed by atoms with E-state index >= 15 is 0 Å². The second-order valence-electron chi connectivity index (χ2n) is 6.11. The summed E-state index contributed by atoms with van der Waals surface area (Å²) >= 11 is 1.87. The molecule has 1 aliphatic rings. The van der Waals surface area contributed by atoms with Gasteiger partial charge in [-0.2, -0.15) is 11.8 Å². The molecule has 1 unspecified atom stereocenters. The van der Waals surface area contributed by atoms with Crippen LogP contribution in [-0.2, 0) is 4.79 Å². The highest BCUT2D eigenvalue weighted by Crippen LogP contribution is 2.18. The fraction of sp³-hybridized carbons (Fsp3) is 0.529. The number of carbonyl (C=O) groups excluding carboxylic acids is 2. The minimum atomic E-state index is -0.904. The first-order valence-electron chi connectivity index (χ1n) is 8.01. The maximum absolute atomic E-state index is 12.5. The van der Waals surface area contributed by atoms with Crippen LogP contribution in [0.4, 0.5) is 5.69 Å². The van der Waals surface area contributed by atoms with Crippen molar-refractivity contribution in [1.82, 2.24) is 4.90 Å². The number of nitrogens with zero attached hydrogens (tertiary/aromatic N) is 1. The number of hydrogen-bond donors (Lipinski definition) is 2. The van der Waals surface area contributed by atoms with Crippen LogP contribution in [0.1, 0.15) is 37.0 Å². The molecule has 1 heterocycles.